The molecule has 0 bridgehead atoms. The van der Waals surface area contributed by atoms with E-state index >= 15 is 0 Å². The molecule has 22 heavy (non-hydrogen) atoms. The second-order valence-corrected chi connectivity index (χ2v) is 5.19. The maximum Gasteiger partial charge on any atom is 0.244 e. The van der Waals surface area contributed by atoms with Crippen LogP contribution in [0, 0.1) is 5.82 Å². The van der Waals surface area contributed by atoms with Gasteiger partial charge in [-0.25, -0.2) is 4.39 Å². The average Bonchev–Trinajstić information content (AvgIpc) is 2.98. The van der Waals surface area contributed by atoms with E-state index < -0.39 is 0 Å². The molecule has 0 unspecified atom stereocenters. The van der Waals surface area contributed by atoms with Crippen molar-refractivity contribution in [2.24, 2.45) is 0 Å². The lowest BCUT2D eigenvalue weighted by Crippen LogP contribution is -2.19. The summed E-state index contributed by atoms with van der Waals surface area (Å²) in [7, 11) is 0. The molecule has 1 aliphatic rings. The Labute approximate surface area is 129 Å². The molecule has 0 radical (unpaired) electrons. The van der Waals surface area contributed by atoms with Gasteiger partial charge in [0.2, 0.25) is 6.29 Å². The van der Waals surface area contributed by atoms with Crippen LogP contribution in [0.3, 0.4) is 0 Å². The maximum atomic E-state index is 12.8. The van der Waals surface area contributed by atoms with Crippen molar-refractivity contribution in [3.63, 3.8) is 0 Å². The summed E-state index contributed by atoms with van der Waals surface area (Å²) in [6.07, 6.45) is 2.12. The topological polar surface area (TPSA) is 30.5 Å². The molecule has 1 atom stereocenters. The molecule has 4 heteroatoms. The van der Waals surface area contributed by atoms with Crippen LogP contribution in [0.15, 0.2) is 66.6 Å². The average molecular weight is 299 g/mol. The Morgan fingerprint density at radius 2 is 1.68 bits per heavy atom. The van der Waals surface area contributed by atoms with Gasteiger partial charge in [0.1, 0.15) is 17.8 Å². The zero-order valence-electron chi connectivity index (χ0n) is 12.2. The number of nitrogens with one attached hydrogen (secondary N) is 1. The number of benzene rings is 2. The number of halogens is 1. The van der Waals surface area contributed by atoms with Crippen LogP contribution in [0.5, 0.6) is 0 Å². The van der Waals surface area contributed by atoms with Gasteiger partial charge in [0.25, 0.3) is 0 Å². The summed E-state index contributed by atoms with van der Waals surface area (Å²) in [6, 6.07) is 16.5. The maximum absolute atomic E-state index is 12.8. The molecule has 1 aliphatic heterocycles. The van der Waals surface area contributed by atoms with E-state index in [0.29, 0.717) is 13.1 Å². The van der Waals surface area contributed by atoms with Crippen molar-refractivity contribution in [2.75, 3.05) is 6.54 Å². The Bertz CT molecular complexity index is 625. The van der Waals surface area contributed by atoms with Crippen LogP contribution in [0.25, 0.3) is 0 Å². The van der Waals surface area contributed by atoms with Gasteiger partial charge in [-0.1, -0.05) is 42.5 Å². The Hall–Kier alpha value is -2.33. The molecule has 0 saturated carbocycles. The third-order valence-corrected chi connectivity index (χ3v) is 3.42. The smallest absolute Gasteiger partial charge is 0.244 e. The lowest BCUT2D eigenvalue weighted by atomic mass is 10.1. The normalized spacial score (nSPS) is 16.8. The molecule has 1 N–H and O–H groups in total. The third kappa shape index (κ3) is 4.09. The molecule has 0 aromatic heterocycles. The molecule has 0 amide bonds. The first kappa shape index (κ1) is 14.6. The van der Waals surface area contributed by atoms with Crippen LogP contribution in [0.2, 0.25) is 0 Å². The fourth-order valence-corrected chi connectivity index (χ4v) is 2.29. The van der Waals surface area contributed by atoms with Crippen molar-refractivity contribution < 1.29 is 13.9 Å². The minimum atomic E-state index is -0.259. The summed E-state index contributed by atoms with van der Waals surface area (Å²) in [5, 5.41) is 3.25. The highest BCUT2D eigenvalue weighted by Gasteiger charge is 2.19. The van der Waals surface area contributed by atoms with Crippen molar-refractivity contribution in [3.8, 4) is 0 Å². The fraction of sp³-hybridized carbons (Fsp3) is 0.222. The van der Waals surface area contributed by atoms with Crippen LogP contribution in [-0.4, -0.2) is 12.8 Å². The molecule has 2 aromatic carbocycles. The largest absolute Gasteiger partial charge is 0.459 e. The highest BCUT2D eigenvalue weighted by atomic mass is 19.1. The third-order valence-electron chi connectivity index (χ3n) is 3.42. The Morgan fingerprint density at radius 1 is 0.909 bits per heavy atom. The quantitative estimate of drug-likeness (QED) is 0.887. The lowest BCUT2D eigenvalue weighted by Gasteiger charge is -2.12. The summed E-state index contributed by atoms with van der Waals surface area (Å²) in [6.45, 7) is 1.24. The lowest BCUT2D eigenvalue weighted by molar-refractivity contribution is -0.0307. The predicted molar refractivity (Wildman–Crippen MR) is 82.3 cm³/mol. The van der Waals surface area contributed by atoms with Crippen LogP contribution >= 0.6 is 0 Å². The van der Waals surface area contributed by atoms with E-state index in [0.717, 1.165) is 17.7 Å². The second kappa shape index (κ2) is 7.09. The zero-order chi connectivity index (χ0) is 15.2. The van der Waals surface area contributed by atoms with E-state index in [-0.39, 0.29) is 12.1 Å². The minimum absolute atomic E-state index is 0.220. The van der Waals surface area contributed by atoms with E-state index in [9.17, 15) is 4.39 Å². The van der Waals surface area contributed by atoms with E-state index in [1.165, 1.54) is 17.7 Å². The van der Waals surface area contributed by atoms with E-state index in [2.05, 4.69) is 17.4 Å². The molecule has 1 heterocycles. The summed E-state index contributed by atoms with van der Waals surface area (Å²) in [4.78, 5) is 0. The predicted octanol–water partition coefficient (Wildman–Crippen LogP) is 3.37. The SMILES string of the molecule is Fc1ccc(CNCC2=CO[C@H](Cc3ccccc3)O2)cc1. The molecule has 3 rings (SSSR count). The Kier molecular flexibility index (Phi) is 4.71. The van der Waals surface area contributed by atoms with Gasteiger partial charge in [0, 0.05) is 13.0 Å². The molecule has 3 nitrogen and oxygen atoms in total. The van der Waals surface area contributed by atoms with Crippen molar-refractivity contribution in [1.29, 1.82) is 0 Å². The first-order valence-corrected chi connectivity index (χ1v) is 7.30. The Balaban J connectivity index is 1.40. The number of hydrogen-bond acceptors (Lipinski definition) is 3. The molecule has 0 aliphatic carbocycles. The van der Waals surface area contributed by atoms with Gasteiger partial charge < -0.3 is 14.8 Å². The molecule has 2 aromatic rings. The summed E-state index contributed by atoms with van der Waals surface area (Å²) in [5.41, 5.74) is 2.21. The van der Waals surface area contributed by atoms with Crippen LogP contribution in [-0.2, 0) is 22.4 Å². The molecule has 0 saturated heterocycles. The zero-order valence-corrected chi connectivity index (χ0v) is 12.2. The molecule has 0 spiro atoms. The summed E-state index contributed by atoms with van der Waals surface area (Å²) >= 11 is 0. The molecular formula is C18H18FNO2. The van der Waals surface area contributed by atoms with Gasteiger partial charge in [0.15, 0.2) is 0 Å². The van der Waals surface area contributed by atoms with E-state index in [1.54, 1.807) is 18.4 Å². The van der Waals surface area contributed by atoms with E-state index in [4.69, 9.17) is 9.47 Å². The van der Waals surface area contributed by atoms with Gasteiger partial charge in [-0.2, -0.15) is 0 Å². The van der Waals surface area contributed by atoms with Gasteiger partial charge in [-0.05, 0) is 23.3 Å². The Morgan fingerprint density at radius 3 is 2.45 bits per heavy atom. The fourth-order valence-electron chi connectivity index (χ4n) is 2.29. The monoisotopic (exact) mass is 299 g/mol. The standard InChI is InChI=1S/C18H18FNO2/c19-16-8-6-15(7-9-16)11-20-12-17-13-21-18(22-17)10-14-4-2-1-3-5-14/h1-9,13,18,20H,10-12H2/t18-/m0/s1. The van der Waals surface area contributed by atoms with Crippen molar-refractivity contribution >= 4 is 0 Å². The van der Waals surface area contributed by atoms with Crippen molar-refractivity contribution in [1.82, 2.24) is 5.32 Å². The molecule has 0 fully saturated rings. The van der Waals surface area contributed by atoms with Crippen molar-refractivity contribution in [2.45, 2.75) is 19.3 Å². The number of hydrogen-bond donors (Lipinski definition) is 1. The van der Waals surface area contributed by atoms with Gasteiger partial charge in [-0.3, -0.25) is 0 Å². The van der Waals surface area contributed by atoms with Gasteiger partial charge in [-0.15, -0.1) is 0 Å². The number of ether oxygens (including phenoxy) is 2. The highest BCUT2D eigenvalue weighted by molar-refractivity contribution is 5.17. The van der Waals surface area contributed by atoms with Crippen LogP contribution in [0.1, 0.15) is 11.1 Å². The minimum Gasteiger partial charge on any atom is -0.459 e. The van der Waals surface area contributed by atoms with Crippen molar-refractivity contribution in [3.05, 3.63) is 83.6 Å². The summed E-state index contributed by atoms with van der Waals surface area (Å²) < 4.78 is 24.1. The first-order valence-electron chi connectivity index (χ1n) is 7.30. The van der Waals surface area contributed by atoms with Crippen LogP contribution < -0.4 is 5.32 Å². The molecule has 114 valence electrons. The first-order chi connectivity index (χ1) is 10.8. The van der Waals surface area contributed by atoms with E-state index in [1.807, 2.05) is 18.2 Å². The highest BCUT2D eigenvalue weighted by Crippen LogP contribution is 2.17. The van der Waals surface area contributed by atoms with Crippen LogP contribution in [0.4, 0.5) is 4.39 Å². The summed E-state index contributed by atoms with van der Waals surface area (Å²) in [5.74, 6) is 0.561. The van der Waals surface area contributed by atoms with Gasteiger partial charge >= 0.3 is 0 Å². The second-order valence-electron chi connectivity index (χ2n) is 5.19. The van der Waals surface area contributed by atoms with Gasteiger partial charge in [0.05, 0.1) is 6.54 Å². The number of rotatable bonds is 6. The molecular weight excluding hydrogens is 281 g/mol.